The van der Waals surface area contributed by atoms with Gasteiger partial charge in [-0.2, -0.15) is 0 Å². The maximum absolute atomic E-state index is 12.4. The van der Waals surface area contributed by atoms with Crippen molar-refractivity contribution < 1.29 is 23.4 Å². The number of carbonyl (C=O) groups excluding carboxylic acids is 1. The SMILES string of the molecule is CCOC(=O)c1oc2c(C)c(OCOC)ccc2c(=O)c1C. The molecule has 1 aromatic heterocycles. The van der Waals surface area contributed by atoms with E-state index in [4.69, 9.17) is 18.6 Å². The van der Waals surface area contributed by atoms with Crippen molar-refractivity contribution in [2.45, 2.75) is 20.8 Å². The molecule has 1 aromatic carbocycles. The smallest absolute Gasteiger partial charge is 0.374 e. The lowest BCUT2D eigenvalue weighted by molar-refractivity contribution is 0.0484. The Morgan fingerprint density at radius 3 is 2.59 bits per heavy atom. The molecule has 0 amide bonds. The molecule has 0 radical (unpaired) electrons. The zero-order valence-electron chi connectivity index (χ0n) is 13.0. The minimum absolute atomic E-state index is 0.0766. The van der Waals surface area contributed by atoms with Gasteiger partial charge in [0.1, 0.15) is 11.3 Å². The number of aryl methyl sites for hydroxylation is 1. The Bertz CT molecular complexity index is 759. The average molecular weight is 306 g/mol. The number of esters is 1. The summed E-state index contributed by atoms with van der Waals surface area (Å²) in [5.74, 6) is -0.205. The van der Waals surface area contributed by atoms with Crippen LogP contribution in [0.5, 0.6) is 5.75 Å². The van der Waals surface area contributed by atoms with Gasteiger partial charge in [-0.15, -0.1) is 0 Å². The molecule has 0 saturated carbocycles. The monoisotopic (exact) mass is 306 g/mol. The van der Waals surface area contributed by atoms with Crippen molar-refractivity contribution in [1.29, 1.82) is 0 Å². The van der Waals surface area contributed by atoms with Crippen molar-refractivity contribution in [2.24, 2.45) is 0 Å². The van der Waals surface area contributed by atoms with Crippen LogP contribution in [0, 0.1) is 13.8 Å². The van der Waals surface area contributed by atoms with Crippen molar-refractivity contribution in [3.05, 3.63) is 39.2 Å². The van der Waals surface area contributed by atoms with E-state index < -0.39 is 5.97 Å². The van der Waals surface area contributed by atoms with Gasteiger partial charge >= 0.3 is 5.97 Å². The molecule has 0 aliphatic rings. The van der Waals surface area contributed by atoms with E-state index in [1.807, 2.05) is 0 Å². The molecule has 0 fully saturated rings. The highest BCUT2D eigenvalue weighted by Gasteiger charge is 2.20. The minimum atomic E-state index is -0.651. The third kappa shape index (κ3) is 2.82. The topological polar surface area (TPSA) is 75.0 Å². The third-order valence-electron chi connectivity index (χ3n) is 3.28. The Morgan fingerprint density at radius 2 is 1.95 bits per heavy atom. The number of fused-ring (bicyclic) bond motifs is 1. The van der Waals surface area contributed by atoms with Gasteiger partial charge in [0.2, 0.25) is 5.76 Å². The number of carbonyl (C=O) groups is 1. The van der Waals surface area contributed by atoms with Crippen molar-refractivity contribution in [3.63, 3.8) is 0 Å². The van der Waals surface area contributed by atoms with Crippen LogP contribution in [-0.2, 0) is 9.47 Å². The van der Waals surface area contributed by atoms with Gasteiger partial charge in [0.25, 0.3) is 0 Å². The molecule has 0 unspecified atom stereocenters. The molecule has 0 aliphatic heterocycles. The van der Waals surface area contributed by atoms with Crippen molar-refractivity contribution in [1.82, 2.24) is 0 Å². The first-order chi connectivity index (χ1) is 10.5. The van der Waals surface area contributed by atoms with E-state index >= 15 is 0 Å². The van der Waals surface area contributed by atoms with E-state index in [0.29, 0.717) is 22.3 Å². The lowest BCUT2D eigenvalue weighted by atomic mass is 10.1. The lowest BCUT2D eigenvalue weighted by Gasteiger charge is -2.11. The molecule has 0 atom stereocenters. The molecule has 118 valence electrons. The van der Waals surface area contributed by atoms with Gasteiger partial charge < -0.3 is 18.6 Å². The van der Waals surface area contributed by atoms with E-state index in [-0.39, 0.29) is 30.2 Å². The molecule has 2 aromatic rings. The van der Waals surface area contributed by atoms with Crippen LogP contribution in [-0.4, -0.2) is 26.5 Å². The molecule has 6 heteroatoms. The van der Waals surface area contributed by atoms with Crippen LogP contribution in [0.3, 0.4) is 0 Å². The molecular weight excluding hydrogens is 288 g/mol. The number of methoxy groups -OCH3 is 1. The lowest BCUT2D eigenvalue weighted by Crippen LogP contribution is -2.15. The number of hydrogen-bond acceptors (Lipinski definition) is 6. The summed E-state index contributed by atoms with van der Waals surface area (Å²) in [6.45, 7) is 5.26. The second-order valence-electron chi connectivity index (χ2n) is 4.72. The van der Waals surface area contributed by atoms with Crippen LogP contribution < -0.4 is 10.2 Å². The van der Waals surface area contributed by atoms with Crippen LogP contribution in [0.25, 0.3) is 11.0 Å². The summed E-state index contributed by atoms with van der Waals surface area (Å²) in [5, 5.41) is 0.396. The van der Waals surface area contributed by atoms with Crippen LogP contribution in [0.4, 0.5) is 0 Å². The van der Waals surface area contributed by atoms with Gasteiger partial charge in [-0.1, -0.05) is 0 Å². The number of hydrogen-bond donors (Lipinski definition) is 0. The summed E-state index contributed by atoms with van der Waals surface area (Å²) >= 11 is 0. The van der Waals surface area contributed by atoms with Crippen LogP contribution in [0.2, 0.25) is 0 Å². The zero-order valence-corrected chi connectivity index (χ0v) is 13.0. The van der Waals surface area contributed by atoms with Gasteiger partial charge in [0.15, 0.2) is 12.2 Å². The summed E-state index contributed by atoms with van der Waals surface area (Å²) in [6.07, 6.45) is 0. The van der Waals surface area contributed by atoms with Crippen molar-refractivity contribution in [3.8, 4) is 5.75 Å². The highest BCUT2D eigenvalue weighted by Crippen LogP contribution is 2.27. The summed E-state index contributed by atoms with van der Waals surface area (Å²) in [7, 11) is 1.51. The Balaban J connectivity index is 2.66. The summed E-state index contributed by atoms with van der Waals surface area (Å²) in [4.78, 5) is 24.3. The van der Waals surface area contributed by atoms with E-state index in [1.165, 1.54) is 7.11 Å². The molecule has 0 bridgehead atoms. The predicted octanol–water partition coefficient (Wildman–Crippen LogP) is 2.57. The molecule has 0 N–H and O–H groups in total. The number of rotatable bonds is 5. The first-order valence-electron chi connectivity index (χ1n) is 6.87. The standard InChI is InChI=1S/C16H18O6/c1-5-20-16(18)15-10(3)13(17)11-6-7-12(21-8-19-4)9(2)14(11)22-15/h6-7H,5,8H2,1-4H3. The maximum atomic E-state index is 12.4. The molecule has 0 saturated heterocycles. The van der Waals surface area contributed by atoms with Crippen LogP contribution >= 0.6 is 0 Å². The second kappa shape index (κ2) is 6.62. The zero-order chi connectivity index (χ0) is 16.3. The predicted molar refractivity (Wildman–Crippen MR) is 80.4 cm³/mol. The van der Waals surface area contributed by atoms with E-state index in [0.717, 1.165) is 0 Å². The molecule has 2 rings (SSSR count). The van der Waals surface area contributed by atoms with Gasteiger partial charge in [-0.3, -0.25) is 4.79 Å². The van der Waals surface area contributed by atoms with Gasteiger partial charge in [-0.25, -0.2) is 4.79 Å². The first-order valence-corrected chi connectivity index (χ1v) is 6.87. The minimum Gasteiger partial charge on any atom is -0.467 e. The highest BCUT2D eigenvalue weighted by molar-refractivity contribution is 5.91. The largest absolute Gasteiger partial charge is 0.467 e. The second-order valence-corrected chi connectivity index (χ2v) is 4.72. The molecular formula is C16H18O6. The summed E-state index contributed by atoms with van der Waals surface area (Å²) in [5.41, 5.74) is 0.908. The normalized spacial score (nSPS) is 10.7. The first kappa shape index (κ1) is 16.0. The average Bonchev–Trinajstić information content (AvgIpc) is 2.50. The Morgan fingerprint density at radius 1 is 1.23 bits per heavy atom. The third-order valence-corrected chi connectivity index (χ3v) is 3.28. The fourth-order valence-electron chi connectivity index (χ4n) is 2.14. The molecule has 22 heavy (non-hydrogen) atoms. The molecule has 1 heterocycles. The van der Waals surface area contributed by atoms with Crippen LogP contribution in [0.15, 0.2) is 21.3 Å². The maximum Gasteiger partial charge on any atom is 0.374 e. The van der Waals surface area contributed by atoms with E-state index in [1.54, 1.807) is 32.9 Å². The van der Waals surface area contributed by atoms with E-state index in [9.17, 15) is 9.59 Å². The van der Waals surface area contributed by atoms with Crippen LogP contribution in [0.1, 0.15) is 28.6 Å². The van der Waals surface area contributed by atoms with Gasteiger partial charge in [-0.05, 0) is 32.9 Å². The fourth-order valence-corrected chi connectivity index (χ4v) is 2.14. The summed E-state index contributed by atoms with van der Waals surface area (Å²) in [6, 6.07) is 3.29. The molecule has 6 nitrogen and oxygen atoms in total. The Hall–Kier alpha value is -2.34. The summed E-state index contributed by atoms with van der Waals surface area (Å²) < 4.78 is 20.8. The van der Waals surface area contributed by atoms with Gasteiger partial charge in [0.05, 0.1) is 12.0 Å². The Kier molecular flexibility index (Phi) is 4.82. The highest BCUT2D eigenvalue weighted by atomic mass is 16.7. The number of benzene rings is 1. The van der Waals surface area contributed by atoms with Crippen molar-refractivity contribution in [2.75, 3.05) is 20.5 Å². The van der Waals surface area contributed by atoms with E-state index in [2.05, 4.69) is 0 Å². The molecule has 0 aliphatic carbocycles. The Labute approximate surface area is 127 Å². The van der Waals surface area contributed by atoms with Crippen molar-refractivity contribution >= 4 is 16.9 Å². The quantitative estimate of drug-likeness (QED) is 0.624. The van der Waals surface area contributed by atoms with Gasteiger partial charge in [0, 0.05) is 18.2 Å². The fraction of sp³-hybridized carbons (Fsp3) is 0.375. The molecule has 0 spiro atoms. The number of ether oxygens (including phenoxy) is 3.